The molecular formula is C22H16FN5O4S. The standard InChI is InChI=1S/C22H16FN5O4S/c1-33(29,30)21-7-6-13(12-24-21)31-19-10-16-17(27-22(26-16)15-8-9-25-28-15)11-20(19)32-18-5-3-2-4-14(18)23/h2-12H,1H3,(H,25,28)(H,26,27). The summed E-state index contributed by atoms with van der Waals surface area (Å²) in [5.41, 5.74) is 1.80. The molecule has 2 N–H and O–H groups in total. The molecule has 0 aliphatic heterocycles. The zero-order chi connectivity index (χ0) is 23.0. The lowest BCUT2D eigenvalue weighted by Crippen LogP contribution is -2.00. The highest BCUT2D eigenvalue weighted by Crippen LogP contribution is 2.39. The van der Waals surface area contributed by atoms with E-state index in [4.69, 9.17) is 9.47 Å². The van der Waals surface area contributed by atoms with Crippen molar-refractivity contribution in [3.05, 3.63) is 72.8 Å². The number of nitrogens with zero attached hydrogens (tertiary/aromatic N) is 3. The summed E-state index contributed by atoms with van der Waals surface area (Å²) in [7, 11) is -3.45. The molecule has 0 atom stereocenters. The fourth-order valence-corrected chi connectivity index (χ4v) is 3.67. The lowest BCUT2D eigenvalue weighted by atomic mass is 10.2. The first kappa shape index (κ1) is 20.6. The highest BCUT2D eigenvalue weighted by Gasteiger charge is 2.17. The van der Waals surface area contributed by atoms with Gasteiger partial charge in [0, 0.05) is 24.6 Å². The number of aromatic nitrogens is 5. The number of benzene rings is 2. The van der Waals surface area contributed by atoms with Crippen LogP contribution in [-0.2, 0) is 9.84 Å². The Morgan fingerprint density at radius 2 is 1.79 bits per heavy atom. The number of H-pyrrole nitrogens is 2. The number of fused-ring (bicyclic) bond motifs is 1. The third-order valence-electron chi connectivity index (χ3n) is 4.66. The normalized spacial score (nSPS) is 11.6. The maximum absolute atomic E-state index is 14.2. The van der Waals surface area contributed by atoms with Crippen LogP contribution in [0.15, 0.2) is 72.0 Å². The van der Waals surface area contributed by atoms with E-state index in [-0.39, 0.29) is 28.0 Å². The molecule has 3 aromatic heterocycles. The van der Waals surface area contributed by atoms with Gasteiger partial charge in [0.15, 0.2) is 43.8 Å². The molecule has 5 rings (SSSR count). The molecule has 0 aliphatic rings. The lowest BCUT2D eigenvalue weighted by Gasteiger charge is -2.13. The molecule has 166 valence electrons. The first-order chi connectivity index (χ1) is 15.9. The summed E-state index contributed by atoms with van der Waals surface area (Å²) in [5, 5.41) is 6.77. The van der Waals surface area contributed by atoms with Crippen molar-refractivity contribution < 1.29 is 22.3 Å². The predicted octanol–water partition coefficient (Wildman–Crippen LogP) is 4.48. The van der Waals surface area contributed by atoms with Crippen molar-refractivity contribution in [2.24, 2.45) is 0 Å². The minimum absolute atomic E-state index is 0.00955. The van der Waals surface area contributed by atoms with Gasteiger partial charge in [-0.15, -0.1) is 0 Å². The number of hydrogen-bond donors (Lipinski definition) is 2. The van der Waals surface area contributed by atoms with Crippen molar-refractivity contribution in [2.45, 2.75) is 5.03 Å². The van der Waals surface area contributed by atoms with Crippen molar-refractivity contribution in [3.63, 3.8) is 0 Å². The molecule has 33 heavy (non-hydrogen) atoms. The summed E-state index contributed by atoms with van der Waals surface area (Å²) in [6, 6.07) is 13.8. The third kappa shape index (κ3) is 4.26. The van der Waals surface area contributed by atoms with E-state index in [0.717, 1.165) is 6.26 Å². The molecule has 0 unspecified atom stereocenters. The molecule has 11 heteroatoms. The van der Waals surface area contributed by atoms with E-state index < -0.39 is 15.7 Å². The average molecular weight is 465 g/mol. The molecule has 0 aliphatic carbocycles. The van der Waals surface area contributed by atoms with Crippen LogP contribution in [0.1, 0.15) is 0 Å². The predicted molar refractivity (Wildman–Crippen MR) is 118 cm³/mol. The Kier molecular flexibility index (Phi) is 5.02. The minimum atomic E-state index is -3.45. The Morgan fingerprint density at radius 3 is 2.48 bits per heavy atom. The zero-order valence-corrected chi connectivity index (χ0v) is 17.9. The van der Waals surface area contributed by atoms with Crippen LogP contribution >= 0.6 is 0 Å². The van der Waals surface area contributed by atoms with Gasteiger partial charge in [-0.3, -0.25) is 5.10 Å². The Hall–Kier alpha value is -4.25. The third-order valence-corrected chi connectivity index (χ3v) is 5.67. The number of sulfone groups is 1. The minimum Gasteiger partial charge on any atom is -0.452 e. The van der Waals surface area contributed by atoms with Gasteiger partial charge in [-0.2, -0.15) is 5.10 Å². The number of ether oxygens (including phenoxy) is 2. The highest BCUT2D eigenvalue weighted by atomic mass is 32.2. The summed E-state index contributed by atoms with van der Waals surface area (Å²) in [6.45, 7) is 0. The Morgan fingerprint density at radius 1 is 0.970 bits per heavy atom. The Balaban J connectivity index is 1.57. The molecular weight excluding hydrogens is 449 g/mol. The van der Waals surface area contributed by atoms with Crippen LogP contribution in [0.3, 0.4) is 0 Å². The van der Waals surface area contributed by atoms with Gasteiger partial charge in [0.1, 0.15) is 11.4 Å². The van der Waals surface area contributed by atoms with Crippen LogP contribution in [-0.4, -0.2) is 39.8 Å². The number of halogens is 1. The van der Waals surface area contributed by atoms with E-state index >= 15 is 0 Å². The molecule has 0 amide bonds. The van der Waals surface area contributed by atoms with Gasteiger partial charge < -0.3 is 14.5 Å². The number of aromatic amines is 2. The van der Waals surface area contributed by atoms with Crippen LogP contribution in [0.5, 0.6) is 23.0 Å². The van der Waals surface area contributed by atoms with Gasteiger partial charge in [0.05, 0.1) is 17.2 Å². The fourth-order valence-electron chi connectivity index (χ4n) is 3.11. The first-order valence-corrected chi connectivity index (χ1v) is 11.6. The molecule has 0 bridgehead atoms. The van der Waals surface area contributed by atoms with Gasteiger partial charge in [0.25, 0.3) is 0 Å². The second-order valence-corrected chi connectivity index (χ2v) is 9.06. The monoisotopic (exact) mass is 465 g/mol. The average Bonchev–Trinajstić information content (AvgIpc) is 3.45. The van der Waals surface area contributed by atoms with E-state index in [1.807, 2.05) is 0 Å². The van der Waals surface area contributed by atoms with Crippen molar-refractivity contribution in [1.82, 2.24) is 25.1 Å². The number of rotatable bonds is 6. The number of hydrogen-bond acceptors (Lipinski definition) is 7. The van der Waals surface area contributed by atoms with Gasteiger partial charge in [0.2, 0.25) is 0 Å². The van der Waals surface area contributed by atoms with Gasteiger partial charge >= 0.3 is 0 Å². The Labute approximate surface area is 187 Å². The van der Waals surface area contributed by atoms with Crippen LogP contribution in [0.25, 0.3) is 22.6 Å². The summed E-state index contributed by atoms with van der Waals surface area (Å²) < 4.78 is 49.3. The van der Waals surface area contributed by atoms with Crippen LogP contribution < -0.4 is 9.47 Å². The van der Waals surface area contributed by atoms with E-state index in [1.165, 1.54) is 30.5 Å². The van der Waals surface area contributed by atoms with Crippen molar-refractivity contribution in [2.75, 3.05) is 6.26 Å². The molecule has 0 radical (unpaired) electrons. The molecule has 9 nitrogen and oxygen atoms in total. The maximum atomic E-state index is 14.2. The summed E-state index contributed by atoms with van der Waals surface area (Å²) >= 11 is 0. The van der Waals surface area contributed by atoms with E-state index in [1.54, 1.807) is 36.5 Å². The van der Waals surface area contributed by atoms with Gasteiger partial charge in [-0.25, -0.2) is 22.8 Å². The fraction of sp³-hybridized carbons (Fsp3) is 0.0455. The van der Waals surface area contributed by atoms with Crippen molar-refractivity contribution in [1.29, 1.82) is 0 Å². The molecule has 2 aromatic carbocycles. The summed E-state index contributed by atoms with van der Waals surface area (Å²) in [5.74, 6) is 0.723. The van der Waals surface area contributed by atoms with E-state index in [9.17, 15) is 12.8 Å². The molecule has 3 heterocycles. The van der Waals surface area contributed by atoms with E-state index in [0.29, 0.717) is 22.6 Å². The van der Waals surface area contributed by atoms with Gasteiger partial charge in [-0.1, -0.05) is 12.1 Å². The second kappa shape index (κ2) is 8.02. The van der Waals surface area contributed by atoms with Crippen LogP contribution in [0, 0.1) is 5.82 Å². The largest absolute Gasteiger partial charge is 0.452 e. The quantitative estimate of drug-likeness (QED) is 0.379. The molecule has 0 fully saturated rings. The SMILES string of the molecule is CS(=O)(=O)c1ccc(Oc2cc3[nH]c(-c4cc[nH]n4)nc3cc2Oc2ccccc2F)cn1. The van der Waals surface area contributed by atoms with E-state index in [2.05, 4.69) is 25.1 Å². The van der Waals surface area contributed by atoms with Crippen LogP contribution in [0.4, 0.5) is 4.39 Å². The van der Waals surface area contributed by atoms with Gasteiger partial charge in [-0.05, 0) is 30.3 Å². The number of para-hydroxylation sites is 1. The number of pyridine rings is 1. The van der Waals surface area contributed by atoms with Crippen molar-refractivity contribution >= 4 is 20.9 Å². The highest BCUT2D eigenvalue weighted by molar-refractivity contribution is 7.90. The topological polar surface area (TPSA) is 123 Å². The zero-order valence-electron chi connectivity index (χ0n) is 17.1. The smallest absolute Gasteiger partial charge is 0.192 e. The Bertz CT molecular complexity index is 1550. The molecule has 5 aromatic rings. The molecule has 0 saturated heterocycles. The number of nitrogens with one attached hydrogen (secondary N) is 2. The second-order valence-electron chi connectivity index (χ2n) is 7.10. The summed E-state index contributed by atoms with van der Waals surface area (Å²) in [4.78, 5) is 11.6. The maximum Gasteiger partial charge on any atom is 0.192 e. The molecule has 0 saturated carbocycles. The lowest BCUT2D eigenvalue weighted by molar-refractivity contribution is 0.402. The number of imidazole rings is 1. The van der Waals surface area contributed by atoms with Crippen LogP contribution in [0.2, 0.25) is 0 Å². The van der Waals surface area contributed by atoms with Crippen molar-refractivity contribution in [3.8, 4) is 34.5 Å². The first-order valence-electron chi connectivity index (χ1n) is 9.67. The summed E-state index contributed by atoms with van der Waals surface area (Å²) in [6.07, 6.45) is 4.03. The molecule has 0 spiro atoms.